The Labute approximate surface area is 134 Å². The Bertz CT molecular complexity index is 527. The average molecular weight is 331 g/mol. The van der Waals surface area contributed by atoms with Gasteiger partial charge in [0.05, 0.1) is 11.0 Å². The molecule has 1 unspecified atom stereocenters. The molecule has 0 amide bonds. The van der Waals surface area contributed by atoms with E-state index >= 15 is 0 Å². The first-order valence-electron chi connectivity index (χ1n) is 7.65. The summed E-state index contributed by atoms with van der Waals surface area (Å²) in [6, 6.07) is 5.47. The van der Waals surface area contributed by atoms with E-state index in [1.54, 1.807) is 19.9 Å². The Morgan fingerprint density at radius 1 is 1.30 bits per heavy atom. The first kappa shape index (κ1) is 19.5. The van der Waals surface area contributed by atoms with Crippen LogP contribution in [-0.2, 0) is 17.4 Å². The van der Waals surface area contributed by atoms with E-state index in [0.29, 0.717) is 31.4 Å². The fraction of sp³-hybridized carbons (Fsp3) is 0.588. The van der Waals surface area contributed by atoms with Crippen molar-refractivity contribution in [3.05, 3.63) is 35.4 Å². The highest BCUT2D eigenvalue weighted by molar-refractivity contribution is 5.73. The van der Waals surface area contributed by atoms with Gasteiger partial charge in [0, 0.05) is 6.04 Å². The molecule has 1 aromatic carbocycles. The lowest BCUT2D eigenvalue weighted by Gasteiger charge is -2.21. The van der Waals surface area contributed by atoms with E-state index in [1.165, 1.54) is 12.1 Å². The van der Waals surface area contributed by atoms with Gasteiger partial charge in [-0.25, -0.2) is 0 Å². The monoisotopic (exact) mass is 331 g/mol. The van der Waals surface area contributed by atoms with Gasteiger partial charge in [0.2, 0.25) is 0 Å². The van der Waals surface area contributed by atoms with Gasteiger partial charge in [-0.2, -0.15) is 13.2 Å². The maximum atomic E-state index is 12.6. The number of rotatable bonds is 8. The lowest BCUT2D eigenvalue weighted by atomic mass is 9.89. The van der Waals surface area contributed by atoms with Crippen molar-refractivity contribution >= 4 is 5.97 Å². The summed E-state index contributed by atoms with van der Waals surface area (Å²) in [6.45, 7) is 5.85. The smallest absolute Gasteiger partial charge is 0.416 e. The van der Waals surface area contributed by atoms with E-state index in [4.69, 9.17) is 5.11 Å². The highest BCUT2D eigenvalue weighted by Crippen LogP contribution is 2.29. The summed E-state index contributed by atoms with van der Waals surface area (Å²) >= 11 is 0. The minimum atomic E-state index is -4.32. The number of carbonyl (C=O) groups is 1. The van der Waals surface area contributed by atoms with Crippen molar-refractivity contribution in [1.29, 1.82) is 0 Å². The van der Waals surface area contributed by atoms with Crippen molar-refractivity contribution in [2.45, 2.75) is 52.3 Å². The summed E-state index contributed by atoms with van der Waals surface area (Å²) < 4.78 is 37.9. The minimum absolute atomic E-state index is 0.106. The molecule has 0 spiro atoms. The lowest BCUT2D eigenvalue weighted by molar-refractivity contribution is -0.147. The number of halogens is 3. The Kier molecular flexibility index (Phi) is 6.62. The zero-order valence-electron chi connectivity index (χ0n) is 13.7. The van der Waals surface area contributed by atoms with Gasteiger partial charge < -0.3 is 10.4 Å². The van der Waals surface area contributed by atoms with Crippen molar-refractivity contribution < 1.29 is 23.1 Å². The number of aliphatic carboxylic acids is 1. The first-order chi connectivity index (χ1) is 10.5. The van der Waals surface area contributed by atoms with Crippen LogP contribution in [0.2, 0.25) is 0 Å². The molecule has 6 heteroatoms. The normalized spacial score (nSPS) is 13.8. The number of benzene rings is 1. The molecule has 0 saturated carbocycles. The fourth-order valence-electron chi connectivity index (χ4n) is 2.13. The van der Waals surface area contributed by atoms with Crippen LogP contribution in [0, 0.1) is 5.41 Å². The second kappa shape index (κ2) is 7.81. The quantitative estimate of drug-likeness (QED) is 0.753. The van der Waals surface area contributed by atoms with Crippen molar-refractivity contribution in [2.75, 3.05) is 6.54 Å². The molecule has 2 N–H and O–H groups in total. The highest BCUT2D eigenvalue weighted by atomic mass is 19.4. The summed E-state index contributed by atoms with van der Waals surface area (Å²) in [5, 5.41) is 12.3. The predicted molar refractivity (Wildman–Crippen MR) is 83.3 cm³/mol. The third-order valence-corrected chi connectivity index (χ3v) is 3.94. The van der Waals surface area contributed by atoms with Crippen LogP contribution in [0.1, 0.15) is 44.7 Å². The van der Waals surface area contributed by atoms with Gasteiger partial charge in [-0.05, 0) is 58.2 Å². The number of hydrogen-bond donors (Lipinski definition) is 2. The summed E-state index contributed by atoms with van der Waals surface area (Å²) in [5.74, 6) is -0.837. The number of carboxylic acid groups (broad SMARTS) is 1. The van der Waals surface area contributed by atoms with Gasteiger partial charge in [-0.1, -0.05) is 18.2 Å². The van der Waals surface area contributed by atoms with Crippen molar-refractivity contribution in [1.82, 2.24) is 5.32 Å². The highest BCUT2D eigenvalue weighted by Gasteiger charge is 2.30. The van der Waals surface area contributed by atoms with E-state index in [0.717, 1.165) is 6.07 Å². The molecule has 3 nitrogen and oxygen atoms in total. The fourth-order valence-corrected chi connectivity index (χ4v) is 2.13. The van der Waals surface area contributed by atoms with Gasteiger partial charge in [0.1, 0.15) is 0 Å². The second-order valence-corrected chi connectivity index (χ2v) is 6.53. The Morgan fingerprint density at radius 2 is 1.96 bits per heavy atom. The molecule has 23 heavy (non-hydrogen) atoms. The molecule has 0 aliphatic carbocycles. The average Bonchev–Trinajstić information content (AvgIpc) is 2.44. The molecule has 0 bridgehead atoms. The summed E-state index contributed by atoms with van der Waals surface area (Å²) in [6.07, 6.45) is -2.59. The largest absolute Gasteiger partial charge is 0.481 e. The molecule has 0 fully saturated rings. The molecular formula is C17H24F3NO2. The lowest BCUT2D eigenvalue weighted by Crippen LogP contribution is -2.33. The molecule has 0 aliphatic rings. The topological polar surface area (TPSA) is 49.3 Å². The van der Waals surface area contributed by atoms with Crippen LogP contribution >= 0.6 is 0 Å². The number of aryl methyl sites for hydroxylation is 1. The summed E-state index contributed by atoms with van der Waals surface area (Å²) in [7, 11) is 0. The van der Waals surface area contributed by atoms with Crippen molar-refractivity contribution in [3.63, 3.8) is 0 Å². The van der Waals surface area contributed by atoms with Crippen LogP contribution in [0.3, 0.4) is 0 Å². The zero-order chi connectivity index (χ0) is 17.7. The molecule has 1 atom stereocenters. The van der Waals surface area contributed by atoms with Gasteiger partial charge in [0.25, 0.3) is 0 Å². The molecular weight excluding hydrogens is 307 g/mol. The number of hydrogen-bond acceptors (Lipinski definition) is 2. The molecule has 0 aromatic heterocycles. The predicted octanol–water partition coefficient (Wildman–Crippen LogP) is 4.12. The minimum Gasteiger partial charge on any atom is -0.481 e. The first-order valence-corrected chi connectivity index (χ1v) is 7.65. The van der Waals surface area contributed by atoms with E-state index in [2.05, 4.69) is 5.32 Å². The number of carboxylic acids is 1. The third-order valence-electron chi connectivity index (χ3n) is 3.94. The van der Waals surface area contributed by atoms with Crippen molar-refractivity contribution in [2.24, 2.45) is 5.41 Å². The Hall–Kier alpha value is -1.56. The van der Waals surface area contributed by atoms with Gasteiger partial charge in [-0.3, -0.25) is 4.79 Å². The van der Waals surface area contributed by atoms with Gasteiger partial charge >= 0.3 is 12.1 Å². The van der Waals surface area contributed by atoms with E-state index in [1.807, 2.05) is 6.92 Å². The van der Waals surface area contributed by atoms with E-state index in [9.17, 15) is 18.0 Å². The van der Waals surface area contributed by atoms with E-state index in [-0.39, 0.29) is 6.04 Å². The number of nitrogens with one attached hydrogen (secondary N) is 1. The molecule has 0 aliphatic heterocycles. The van der Waals surface area contributed by atoms with E-state index < -0.39 is 23.1 Å². The Morgan fingerprint density at radius 3 is 2.52 bits per heavy atom. The van der Waals surface area contributed by atoms with Gasteiger partial charge in [-0.15, -0.1) is 0 Å². The van der Waals surface area contributed by atoms with Crippen LogP contribution in [0.25, 0.3) is 0 Å². The summed E-state index contributed by atoms with van der Waals surface area (Å²) in [5.41, 5.74) is -0.758. The third kappa shape index (κ3) is 6.60. The zero-order valence-corrected chi connectivity index (χ0v) is 13.7. The van der Waals surface area contributed by atoms with Crippen LogP contribution in [0.4, 0.5) is 13.2 Å². The maximum absolute atomic E-state index is 12.6. The molecule has 1 rings (SSSR count). The number of alkyl halides is 3. The molecule has 0 heterocycles. The second-order valence-electron chi connectivity index (χ2n) is 6.53. The van der Waals surface area contributed by atoms with Crippen LogP contribution in [0.5, 0.6) is 0 Å². The molecule has 0 radical (unpaired) electrons. The molecule has 1 aromatic rings. The molecule has 0 saturated heterocycles. The SMILES string of the molecule is CC(CCc1cccc(C(F)(F)F)c1)NCCC(C)(C)C(=O)O. The van der Waals surface area contributed by atoms with Gasteiger partial charge in [0.15, 0.2) is 0 Å². The standard InChI is InChI=1S/C17H24F3NO2/c1-12(21-10-9-16(2,3)15(22)23)7-8-13-5-4-6-14(11-13)17(18,19)20/h4-6,11-12,21H,7-10H2,1-3H3,(H,22,23). The molecule has 130 valence electrons. The van der Waals surface area contributed by atoms with Crippen LogP contribution in [-0.4, -0.2) is 23.7 Å². The Balaban J connectivity index is 2.42. The maximum Gasteiger partial charge on any atom is 0.416 e. The van der Waals surface area contributed by atoms with Crippen LogP contribution < -0.4 is 5.32 Å². The van der Waals surface area contributed by atoms with Crippen LogP contribution in [0.15, 0.2) is 24.3 Å². The van der Waals surface area contributed by atoms with Crippen molar-refractivity contribution in [3.8, 4) is 0 Å². The summed E-state index contributed by atoms with van der Waals surface area (Å²) in [4.78, 5) is 11.0.